The van der Waals surface area contributed by atoms with E-state index in [9.17, 15) is 22.4 Å². The van der Waals surface area contributed by atoms with Crippen molar-refractivity contribution < 1.29 is 27.1 Å². The molecule has 0 aliphatic carbocycles. The summed E-state index contributed by atoms with van der Waals surface area (Å²) in [5, 5.41) is 10.7. The van der Waals surface area contributed by atoms with Gasteiger partial charge in [0.25, 0.3) is 0 Å². The van der Waals surface area contributed by atoms with Crippen LogP contribution in [0.15, 0.2) is 18.2 Å². The van der Waals surface area contributed by atoms with Crippen molar-refractivity contribution in [3.05, 3.63) is 29.6 Å². The third-order valence-corrected chi connectivity index (χ3v) is 5.85. The number of benzene rings is 1. The highest BCUT2D eigenvalue weighted by molar-refractivity contribution is 7.89. The van der Waals surface area contributed by atoms with E-state index in [0.717, 1.165) is 6.07 Å². The number of carbonyl (C=O) groups excluding carboxylic acids is 2. The van der Waals surface area contributed by atoms with Gasteiger partial charge in [-0.15, -0.1) is 0 Å². The molecule has 3 amide bonds. The Balaban J connectivity index is 1.79. The largest absolute Gasteiger partial charge is 0.476 e. The lowest BCUT2D eigenvalue weighted by molar-refractivity contribution is -0.118. The molecule has 0 radical (unpaired) electrons. The van der Waals surface area contributed by atoms with Gasteiger partial charge in [0, 0.05) is 12.6 Å². The zero-order valence-electron chi connectivity index (χ0n) is 16.0. The molecule has 9 nitrogen and oxygen atoms in total. The number of hydrogen-bond donors (Lipinski definition) is 2. The first-order valence-electron chi connectivity index (χ1n) is 9.10. The molecule has 1 aliphatic heterocycles. The topological polar surface area (TPSA) is 129 Å². The van der Waals surface area contributed by atoms with E-state index in [1.807, 2.05) is 0 Å². The Hall–Kier alpha value is -2.71. The summed E-state index contributed by atoms with van der Waals surface area (Å²) in [6.45, 7) is 1.74. The van der Waals surface area contributed by atoms with Gasteiger partial charge >= 0.3 is 6.03 Å². The van der Waals surface area contributed by atoms with Crippen molar-refractivity contribution in [3.63, 3.8) is 0 Å². The molecule has 1 atom stereocenters. The number of imide groups is 1. The maximum absolute atomic E-state index is 13.7. The fraction of sp³-hybridized carbons (Fsp3) is 0.500. The Kier molecular flexibility index (Phi) is 7.92. The van der Waals surface area contributed by atoms with Gasteiger partial charge in [-0.2, -0.15) is 5.26 Å². The van der Waals surface area contributed by atoms with Gasteiger partial charge in [-0.1, -0.05) is 12.5 Å². The molecule has 1 heterocycles. The lowest BCUT2D eigenvalue weighted by Gasteiger charge is -2.16. The summed E-state index contributed by atoms with van der Waals surface area (Å²) in [5.41, 5.74) is 0.507. The Labute approximate surface area is 168 Å². The Morgan fingerprint density at radius 1 is 1.34 bits per heavy atom. The number of hydrogen-bond acceptors (Lipinski definition) is 6. The van der Waals surface area contributed by atoms with Gasteiger partial charge in [0.1, 0.15) is 12.6 Å². The minimum Gasteiger partial charge on any atom is -0.476 e. The number of urea groups is 1. The van der Waals surface area contributed by atoms with Gasteiger partial charge in [-0.05, 0) is 37.5 Å². The van der Waals surface area contributed by atoms with Crippen LogP contribution in [0.5, 0.6) is 5.75 Å². The van der Waals surface area contributed by atoms with Crippen LogP contribution in [0.2, 0.25) is 0 Å². The van der Waals surface area contributed by atoms with E-state index in [2.05, 4.69) is 10.0 Å². The number of nitriles is 1. The number of nitrogens with zero attached hydrogens (tertiary/aromatic N) is 2. The zero-order chi connectivity index (χ0) is 21.4. The Morgan fingerprint density at radius 2 is 2.10 bits per heavy atom. The van der Waals surface area contributed by atoms with Crippen molar-refractivity contribution in [2.45, 2.75) is 32.2 Å². The van der Waals surface area contributed by atoms with E-state index in [-0.39, 0.29) is 30.6 Å². The zero-order valence-corrected chi connectivity index (χ0v) is 16.8. The minimum absolute atomic E-state index is 0.0357. The Bertz CT molecular complexity index is 900. The molecule has 11 heteroatoms. The van der Waals surface area contributed by atoms with Crippen molar-refractivity contribution >= 4 is 22.0 Å². The van der Waals surface area contributed by atoms with Crippen molar-refractivity contribution in [1.82, 2.24) is 14.9 Å². The molecule has 29 heavy (non-hydrogen) atoms. The highest BCUT2D eigenvalue weighted by Crippen LogP contribution is 2.23. The number of amides is 3. The van der Waals surface area contributed by atoms with Gasteiger partial charge in [-0.3, -0.25) is 10.1 Å². The van der Waals surface area contributed by atoms with Crippen LogP contribution in [0, 0.1) is 17.1 Å². The van der Waals surface area contributed by atoms with Gasteiger partial charge < -0.3 is 9.64 Å². The molecule has 0 saturated carbocycles. The third-order valence-electron chi connectivity index (χ3n) is 4.31. The van der Waals surface area contributed by atoms with Crippen LogP contribution in [-0.2, 0) is 14.8 Å². The second-order valence-electron chi connectivity index (χ2n) is 6.63. The standard InChI is InChI=1S/C18H23FN4O5S/c1-13(14-5-6-15(19)16(11-14)28-9-7-20)22-29(26,27)10-4-2-3-8-23-12-17(24)21-18(23)25/h5-6,11,13,22H,2-4,8-10,12H2,1H3,(H,21,24,25)/t13-/m1/s1. The molecule has 0 bridgehead atoms. The first-order valence-corrected chi connectivity index (χ1v) is 10.7. The highest BCUT2D eigenvalue weighted by Gasteiger charge is 2.25. The first kappa shape index (κ1) is 22.6. The number of halogens is 1. The molecular formula is C18H23FN4O5S. The summed E-state index contributed by atoms with van der Waals surface area (Å²) in [7, 11) is -3.57. The molecule has 1 aromatic carbocycles. The van der Waals surface area contributed by atoms with Crippen LogP contribution in [0.1, 0.15) is 37.8 Å². The van der Waals surface area contributed by atoms with Crippen molar-refractivity contribution in [2.75, 3.05) is 25.4 Å². The Morgan fingerprint density at radius 3 is 2.76 bits per heavy atom. The third kappa shape index (κ3) is 6.99. The molecule has 2 rings (SSSR count). The second kappa shape index (κ2) is 10.2. The quantitative estimate of drug-likeness (QED) is 0.407. The number of rotatable bonds is 11. The molecule has 1 saturated heterocycles. The summed E-state index contributed by atoms with van der Waals surface area (Å²) in [5.74, 6) is -1.17. The summed E-state index contributed by atoms with van der Waals surface area (Å²) in [4.78, 5) is 23.9. The average molecular weight is 426 g/mol. The van der Waals surface area contributed by atoms with Crippen LogP contribution in [-0.4, -0.2) is 50.7 Å². The number of carbonyl (C=O) groups is 2. The van der Waals surface area contributed by atoms with Gasteiger partial charge in [0.05, 0.1) is 5.75 Å². The molecule has 2 N–H and O–H groups in total. The fourth-order valence-corrected chi connectivity index (χ4v) is 4.22. The van der Waals surface area contributed by atoms with Crippen molar-refractivity contribution in [2.24, 2.45) is 0 Å². The molecule has 1 aliphatic rings. The predicted octanol–water partition coefficient (Wildman–Crippen LogP) is 1.43. The highest BCUT2D eigenvalue weighted by atomic mass is 32.2. The van der Waals surface area contributed by atoms with E-state index in [0.29, 0.717) is 31.4 Å². The van der Waals surface area contributed by atoms with Crippen LogP contribution < -0.4 is 14.8 Å². The van der Waals surface area contributed by atoms with Crippen LogP contribution in [0.25, 0.3) is 0 Å². The van der Waals surface area contributed by atoms with Crippen LogP contribution >= 0.6 is 0 Å². The molecule has 158 valence electrons. The van der Waals surface area contributed by atoms with Crippen molar-refractivity contribution in [1.29, 1.82) is 5.26 Å². The minimum atomic E-state index is -3.57. The summed E-state index contributed by atoms with van der Waals surface area (Å²) in [6, 6.07) is 4.69. The molecular weight excluding hydrogens is 403 g/mol. The molecule has 1 fully saturated rings. The van der Waals surface area contributed by atoms with Crippen LogP contribution in [0.3, 0.4) is 0 Å². The van der Waals surface area contributed by atoms with Crippen molar-refractivity contribution in [3.8, 4) is 11.8 Å². The number of sulfonamides is 1. The second-order valence-corrected chi connectivity index (χ2v) is 8.50. The van der Waals surface area contributed by atoms with E-state index in [1.54, 1.807) is 13.0 Å². The molecule has 1 aromatic rings. The van der Waals surface area contributed by atoms with E-state index >= 15 is 0 Å². The molecule has 0 spiro atoms. The monoisotopic (exact) mass is 426 g/mol. The maximum Gasteiger partial charge on any atom is 0.324 e. The molecule has 0 unspecified atom stereocenters. The summed E-state index contributed by atoms with van der Waals surface area (Å²) < 4.78 is 45.7. The molecule has 0 aromatic heterocycles. The lowest BCUT2D eigenvalue weighted by atomic mass is 10.1. The summed E-state index contributed by atoms with van der Waals surface area (Å²) in [6.07, 6.45) is 1.56. The smallest absolute Gasteiger partial charge is 0.324 e. The van der Waals surface area contributed by atoms with Gasteiger partial charge in [-0.25, -0.2) is 22.3 Å². The van der Waals surface area contributed by atoms with Crippen LogP contribution in [0.4, 0.5) is 9.18 Å². The van der Waals surface area contributed by atoms with Gasteiger partial charge in [0.15, 0.2) is 18.2 Å². The lowest BCUT2D eigenvalue weighted by Crippen LogP contribution is -2.30. The number of unbranched alkanes of at least 4 members (excludes halogenated alkanes) is 2. The van der Waals surface area contributed by atoms with E-state index in [4.69, 9.17) is 10.00 Å². The predicted molar refractivity (Wildman–Crippen MR) is 102 cm³/mol. The fourth-order valence-electron chi connectivity index (χ4n) is 2.84. The van der Waals surface area contributed by atoms with E-state index in [1.165, 1.54) is 17.0 Å². The van der Waals surface area contributed by atoms with E-state index < -0.39 is 27.9 Å². The summed E-state index contributed by atoms with van der Waals surface area (Å²) >= 11 is 0. The van der Waals surface area contributed by atoms with Gasteiger partial charge in [0.2, 0.25) is 15.9 Å². The number of ether oxygens (including phenoxy) is 1. The average Bonchev–Trinajstić information content (AvgIpc) is 2.97. The number of nitrogens with one attached hydrogen (secondary N) is 2. The maximum atomic E-state index is 13.7. The normalized spacial score (nSPS) is 15.1. The first-order chi connectivity index (χ1) is 13.7. The SMILES string of the molecule is C[C@@H](NS(=O)(=O)CCCCCN1CC(=O)NC1=O)c1ccc(F)c(OCC#N)c1.